The zero-order valence-electron chi connectivity index (χ0n) is 6.41. The van der Waals surface area contributed by atoms with Crippen molar-refractivity contribution in [2.45, 2.75) is 0 Å². The molecule has 0 saturated heterocycles. The monoisotopic (exact) mass is 188 g/mol. The summed E-state index contributed by atoms with van der Waals surface area (Å²) in [6, 6.07) is 3.69. The molecular weight excluding hydrogens is 180 g/mol. The molecule has 0 saturated carbocycles. The number of pyridine rings is 1. The third-order valence-electron chi connectivity index (χ3n) is 1.02. The van der Waals surface area contributed by atoms with Gasteiger partial charge in [0.2, 0.25) is 0 Å². The zero-order valence-corrected chi connectivity index (χ0v) is 7.99. The predicted molar refractivity (Wildman–Crippen MR) is 50.5 cm³/mol. The summed E-state index contributed by atoms with van der Waals surface area (Å²) >= 11 is 5.77. The molecule has 11 heavy (non-hydrogen) atoms. The van der Waals surface area contributed by atoms with Crippen molar-refractivity contribution in [1.82, 2.24) is 4.98 Å². The summed E-state index contributed by atoms with van der Waals surface area (Å²) in [6.07, 6.45) is 5.72. The lowest BCUT2D eigenvalue weighted by atomic mass is 10.4. The summed E-state index contributed by atoms with van der Waals surface area (Å²) in [7, 11) is 0.0237. The number of hydrogen-bond donors (Lipinski definition) is 0. The van der Waals surface area contributed by atoms with Crippen molar-refractivity contribution in [3.8, 4) is 0 Å². The van der Waals surface area contributed by atoms with Gasteiger partial charge in [0.25, 0.3) is 0 Å². The van der Waals surface area contributed by atoms with Crippen LogP contribution >= 0.6 is 11.6 Å². The van der Waals surface area contributed by atoms with E-state index in [1.54, 1.807) is 6.20 Å². The molecule has 0 amide bonds. The van der Waals surface area contributed by atoms with Gasteiger partial charge in [0, 0.05) is 6.20 Å². The number of aromatic nitrogens is 1. The second-order valence-electron chi connectivity index (χ2n) is 2.18. The van der Waals surface area contributed by atoms with Crippen molar-refractivity contribution in [3.05, 3.63) is 23.5 Å². The molecule has 0 aliphatic carbocycles. The molecule has 4 heteroatoms. The smallest absolute Gasteiger partial charge is 0.155 e. The lowest BCUT2D eigenvalue weighted by molar-refractivity contribution is 1.31. The van der Waals surface area contributed by atoms with Crippen LogP contribution in [-0.4, -0.2) is 17.5 Å². The van der Waals surface area contributed by atoms with Crippen LogP contribution in [0, 0.1) is 0 Å². The highest BCUT2D eigenvalue weighted by molar-refractivity contribution is 7.85. The van der Waals surface area contributed by atoms with Crippen molar-refractivity contribution in [1.29, 1.82) is 0 Å². The Balaban J connectivity index is 3.04. The fourth-order valence-corrected chi connectivity index (χ4v) is 1.39. The second-order valence-corrected chi connectivity index (χ2v) is 4.27. The number of nitrogens with zero attached hydrogens (tertiary/aromatic N) is 2. The van der Waals surface area contributed by atoms with Gasteiger partial charge in [0.1, 0.15) is 5.69 Å². The van der Waals surface area contributed by atoms with Crippen LogP contribution in [-0.2, 0) is 10.7 Å². The van der Waals surface area contributed by atoms with E-state index in [1.165, 1.54) is 0 Å². The first-order valence-electron chi connectivity index (χ1n) is 3.10. The zero-order chi connectivity index (χ0) is 8.27. The SMILES string of the molecule is CS(C)=Nc1cccnc1Cl. The van der Waals surface area contributed by atoms with Gasteiger partial charge in [-0.3, -0.25) is 0 Å². The van der Waals surface area contributed by atoms with Gasteiger partial charge in [0.15, 0.2) is 5.15 Å². The van der Waals surface area contributed by atoms with Gasteiger partial charge in [0.05, 0.1) is 0 Å². The highest BCUT2D eigenvalue weighted by Gasteiger charge is 1.95. The molecule has 1 aromatic rings. The van der Waals surface area contributed by atoms with Gasteiger partial charge in [-0.25, -0.2) is 9.35 Å². The molecule has 1 rings (SSSR count). The van der Waals surface area contributed by atoms with E-state index in [1.807, 2.05) is 24.6 Å². The fraction of sp³-hybridized carbons (Fsp3) is 0.286. The molecule has 0 spiro atoms. The highest BCUT2D eigenvalue weighted by atomic mass is 35.5. The lowest BCUT2D eigenvalue weighted by Gasteiger charge is -1.95. The topological polar surface area (TPSA) is 25.2 Å². The van der Waals surface area contributed by atoms with Gasteiger partial charge in [-0.1, -0.05) is 11.6 Å². The largest absolute Gasteiger partial charge is 0.242 e. The summed E-state index contributed by atoms with van der Waals surface area (Å²) in [6.45, 7) is 0. The van der Waals surface area contributed by atoms with Gasteiger partial charge in [-0.2, -0.15) is 0 Å². The van der Waals surface area contributed by atoms with Gasteiger partial charge in [-0.15, -0.1) is 10.7 Å². The molecule has 0 aliphatic heterocycles. The maximum Gasteiger partial charge on any atom is 0.155 e. The molecule has 0 aromatic carbocycles. The van der Waals surface area contributed by atoms with E-state index < -0.39 is 0 Å². The third-order valence-corrected chi connectivity index (χ3v) is 1.87. The van der Waals surface area contributed by atoms with Crippen molar-refractivity contribution >= 4 is 28.0 Å². The Morgan fingerprint density at radius 1 is 1.55 bits per heavy atom. The van der Waals surface area contributed by atoms with Crippen LogP contribution in [0.15, 0.2) is 22.7 Å². The summed E-state index contributed by atoms with van der Waals surface area (Å²) < 4.78 is 4.29. The van der Waals surface area contributed by atoms with Crippen molar-refractivity contribution in [2.75, 3.05) is 12.5 Å². The Bertz CT molecular complexity index is 282. The van der Waals surface area contributed by atoms with E-state index in [4.69, 9.17) is 11.6 Å². The first-order valence-corrected chi connectivity index (χ1v) is 5.47. The van der Waals surface area contributed by atoms with Crippen LogP contribution in [0.4, 0.5) is 5.69 Å². The number of rotatable bonds is 1. The summed E-state index contributed by atoms with van der Waals surface area (Å²) in [5, 5.41) is 0.480. The molecule has 1 heterocycles. The van der Waals surface area contributed by atoms with Crippen LogP contribution in [0.5, 0.6) is 0 Å². The molecule has 0 N–H and O–H groups in total. The minimum absolute atomic E-state index is 0.0237. The molecular formula is C7H9ClN2S. The van der Waals surface area contributed by atoms with E-state index in [2.05, 4.69) is 9.35 Å². The van der Waals surface area contributed by atoms with Crippen LogP contribution in [0.25, 0.3) is 0 Å². The standard InChI is InChI=1S/C7H9ClN2S/c1-11(2)10-6-4-3-5-9-7(6)8/h3-5H,1-2H3. The molecule has 60 valence electrons. The lowest BCUT2D eigenvalue weighted by Crippen LogP contribution is -1.79. The third kappa shape index (κ3) is 2.60. The van der Waals surface area contributed by atoms with Crippen molar-refractivity contribution in [3.63, 3.8) is 0 Å². The molecule has 0 radical (unpaired) electrons. The second kappa shape index (κ2) is 3.83. The Hall–Kier alpha value is -0.410. The molecule has 0 bridgehead atoms. The number of hydrogen-bond acceptors (Lipinski definition) is 2. The Kier molecular flexibility index (Phi) is 3.02. The van der Waals surface area contributed by atoms with Crippen molar-refractivity contribution in [2.24, 2.45) is 4.36 Å². The van der Waals surface area contributed by atoms with E-state index in [-0.39, 0.29) is 10.7 Å². The van der Waals surface area contributed by atoms with E-state index in [0.29, 0.717) is 5.15 Å². The van der Waals surface area contributed by atoms with Gasteiger partial charge in [-0.05, 0) is 24.6 Å². The van der Waals surface area contributed by atoms with Crippen LogP contribution in [0.1, 0.15) is 0 Å². The maximum absolute atomic E-state index is 5.77. The first kappa shape index (κ1) is 8.68. The first-order chi connectivity index (χ1) is 5.20. The van der Waals surface area contributed by atoms with Crippen LogP contribution in [0.3, 0.4) is 0 Å². The van der Waals surface area contributed by atoms with Gasteiger partial charge >= 0.3 is 0 Å². The summed E-state index contributed by atoms with van der Waals surface area (Å²) in [4.78, 5) is 3.91. The Labute approximate surface area is 73.7 Å². The Morgan fingerprint density at radius 3 is 2.82 bits per heavy atom. The Morgan fingerprint density at radius 2 is 2.27 bits per heavy atom. The average Bonchev–Trinajstić information content (AvgIpc) is 1.93. The average molecular weight is 189 g/mol. The summed E-state index contributed by atoms with van der Waals surface area (Å²) in [5.41, 5.74) is 0.780. The predicted octanol–water partition coefficient (Wildman–Crippen LogP) is 2.43. The number of halogens is 1. The molecule has 0 unspecified atom stereocenters. The summed E-state index contributed by atoms with van der Waals surface area (Å²) in [5.74, 6) is 0. The van der Waals surface area contributed by atoms with Crippen molar-refractivity contribution < 1.29 is 0 Å². The maximum atomic E-state index is 5.77. The van der Waals surface area contributed by atoms with Crippen LogP contribution in [0.2, 0.25) is 5.15 Å². The minimum Gasteiger partial charge on any atom is -0.242 e. The minimum atomic E-state index is 0.0237. The van der Waals surface area contributed by atoms with E-state index in [9.17, 15) is 0 Å². The molecule has 0 fully saturated rings. The van der Waals surface area contributed by atoms with Gasteiger partial charge < -0.3 is 0 Å². The molecule has 0 atom stereocenters. The van der Waals surface area contributed by atoms with E-state index >= 15 is 0 Å². The van der Waals surface area contributed by atoms with Crippen LogP contribution < -0.4 is 0 Å². The molecule has 0 aliphatic rings. The highest BCUT2D eigenvalue weighted by Crippen LogP contribution is 2.21. The quantitative estimate of drug-likeness (QED) is 0.622. The fourth-order valence-electron chi connectivity index (χ4n) is 0.642. The van der Waals surface area contributed by atoms with E-state index in [0.717, 1.165) is 5.69 Å². The normalized spacial score (nSPS) is 10.2. The molecule has 2 nitrogen and oxygen atoms in total. The molecule has 1 aromatic heterocycles.